The third-order valence-electron chi connectivity index (χ3n) is 5.41. The lowest BCUT2D eigenvalue weighted by molar-refractivity contribution is 0.0951. The molecule has 0 aliphatic heterocycles. The quantitative estimate of drug-likeness (QED) is 0.659. The van der Waals surface area contributed by atoms with E-state index in [9.17, 15) is 9.59 Å². The van der Waals surface area contributed by atoms with E-state index in [1.165, 1.54) is 5.56 Å². The number of nitrogens with one attached hydrogen (secondary N) is 1. The SMILES string of the molecule is Cc1ccc(C(=O)NC2CC2)cc1-n1ccnc(N(C)CCc2ccccc2)c1=O. The van der Waals surface area contributed by atoms with Crippen molar-refractivity contribution in [3.63, 3.8) is 0 Å². The molecule has 0 atom stereocenters. The van der Waals surface area contributed by atoms with Crippen molar-refractivity contribution in [3.8, 4) is 5.69 Å². The molecular formula is C24H26N4O2. The van der Waals surface area contributed by atoms with Crippen LogP contribution >= 0.6 is 0 Å². The number of hydrogen-bond acceptors (Lipinski definition) is 4. The van der Waals surface area contributed by atoms with Gasteiger partial charge in [0.05, 0.1) is 5.69 Å². The summed E-state index contributed by atoms with van der Waals surface area (Å²) in [6.45, 7) is 2.61. The van der Waals surface area contributed by atoms with E-state index < -0.39 is 0 Å². The first kappa shape index (κ1) is 19.9. The Bertz CT molecular complexity index is 1100. The highest BCUT2D eigenvalue weighted by molar-refractivity contribution is 5.95. The number of benzene rings is 2. The van der Waals surface area contributed by atoms with E-state index >= 15 is 0 Å². The Morgan fingerprint density at radius 1 is 1.20 bits per heavy atom. The van der Waals surface area contributed by atoms with Crippen molar-refractivity contribution in [2.24, 2.45) is 0 Å². The molecule has 6 nitrogen and oxygen atoms in total. The van der Waals surface area contributed by atoms with Crippen molar-refractivity contribution in [2.45, 2.75) is 32.2 Å². The summed E-state index contributed by atoms with van der Waals surface area (Å²) < 4.78 is 1.57. The van der Waals surface area contributed by atoms with Gasteiger partial charge < -0.3 is 10.2 Å². The summed E-state index contributed by atoms with van der Waals surface area (Å²) in [6, 6.07) is 15.9. The third kappa shape index (κ3) is 4.43. The highest BCUT2D eigenvalue weighted by Crippen LogP contribution is 2.21. The summed E-state index contributed by atoms with van der Waals surface area (Å²) in [7, 11) is 1.88. The van der Waals surface area contributed by atoms with Gasteiger partial charge in [-0.15, -0.1) is 0 Å². The summed E-state index contributed by atoms with van der Waals surface area (Å²) in [5.74, 6) is 0.293. The second kappa shape index (κ2) is 8.53. The molecule has 1 aromatic heterocycles. The van der Waals surface area contributed by atoms with Crippen molar-refractivity contribution in [1.29, 1.82) is 0 Å². The zero-order valence-electron chi connectivity index (χ0n) is 17.3. The number of hydrogen-bond donors (Lipinski definition) is 1. The standard InChI is InChI=1S/C24H26N4O2/c1-17-8-9-19(23(29)26-20-10-11-20)16-21(17)28-15-13-25-22(24(28)30)27(2)14-12-18-6-4-3-5-7-18/h3-9,13,15-16,20H,10-12,14H2,1-2H3,(H,26,29). The van der Waals surface area contributed by atoms with Crippen molar-refractivity contribution in [3.05, 3.63) is 88.0 Å². The molecule has 1 aliphatic carbocycles. The Hall–Kier alpha value is -3.41. The van der Waals surface area contributed by atoms with Crippen molar-refractivity contribution < 1.29 is 4.79 Å². The fraction of sp³-hybridized carbons (Fsp3) is 0.292. The van der Waals surface area contributed by atoms with Crippen LogP contribution in [-0.4, -0.2) is 35.1 Å². The van der Waals surface area contributed by atoms with E-state index in [-0.39, 0.29) is 17.5 Å². The molecule has 0 radical (unpaired) electrons. The van der Waals surface area contributed by atoms with Crippen LogP contribution in [0.2, 0.25) is 0 Å². The molecule has 1 N–H and O–H groups in total. The summed E-state index contributed by atoms with van der Waals surface area (Å²) >= 11 is 0. The molecule has 6 heteroatoms. The summed E-state index contributed by atoms with van der Waals surface area (Å²) in [5, 5.41) is 3.00. The Labute approximate surface area is 176 Å². The van der Waals surface area contributed by atoms with Gasteiger partial charge >= 0.3 is 0 Å². The molecule has 1 saturated carbocycles. The van der Waals surface area contributed by atoms with Gasteiger partial charge in [0.25, 0.3) is 11.5 Å². The van der Waals surface area contributed by atoms with Crippen LogP contribution in [0.1, 0.15) is 34.3 Å². The van der Waals surface area contributed by atoms with Crippen LogP contribution in [0.15, 0.2) is 65.7 Å². The van der Waals surface area contributed by atoms with E-state index in [0.717, 1.165) is 24.8 Å². The van der Waals surface area contributed by atoms with Gasteiger partial charge in [0, 0.05) is 37.6 Å². The van der Waals surface area contributed by atoms with Crippen LogP contribution in [-0.2, 0) is 6.42 Å². The number of amides is 1. The lowest BCUT2D eigenvalue weighted by Gasteiger charge is -2.19. The lowest BCUT2D eigenvalue weighted by Crippen LogP contribution is -2.31. The van der Waals surface area contributed by atoms with Gasteiger partial charge in [-0.05, 0) is 49.4 Å². The molecule has 1 heterocycles. The highest BCUT2D eigenvalue weighted by atomic mass is 16.2. The molecule has 3 aromatic rings. The van der Waals surface area contributed by atoms with E-state index in [1.807, 2.05) is 43.1 Å². The van der Waals surface area contributed by atoms with Crippen LogP contribution in [0.25, 0.3) is 5.69 Å². The molecule has 0 saturated heterocycles. The highest BCUT2D eigenvalue weighted by Gasteiger charge is 2.24. The molecule has 0 bridgehead atoms. The van der Waals surface area contributed by atoms with Crippen molar-refractivity contribution in [2.75, 3.05) is 18.5 Å². The first-order valence-electron chi connectivity index (χ1n) is 10.3. The lowest BCUT2D eigenvalue weighted by atomic mass is 10.1. The third-order valence-corrected chi connectivity index (χ3v) is 5.41. The first-order valence-corrected chi connectivity index (χ1v) is 10.3. The fourth-order valence-electron chi connectivity index (χ4n) is 3.41. The smallest absolute Gasteiger partial charge is 0.298 e. The number of likely N-dealkylation sites (N-methyl/N-ethyl adjacent to an activating group) is 1. The van der Waals surface area contributed by atoms with Gasteiger partial charge in [0.1, 0.15) is 0 Å². The molecule has 1 amide bonds. The van der Waals surface area contributed by atoms with Gasteiger partial charge in [-0.25, -0.2) is 4.98 Å². The van der Waals surface area contributed by atoms with Crippen molar-refractivity contribution in [1.82, 2.24) is 14.9 Å². The number of aromatic nitrogens is 2. The molecule has 2 aromatic carbocycles. The van der Waals surface area contributed by atoms with Gasteiger partial charge in [-0.1, -0.05) is 36.4 Å². The summed E-state index contributed by atoms with van der Waals surface area (Å²) in [5.41, 5.74) is 3.19. The first-order chi connectivity index (χ1) is 14.5. The molecule has 0 unspecified atom stereocenters. The molecule has 1 fully saturated rings. The predicted molar refractivity (Wildman–Crippen MR) is 118 cm³/mol. The normalized spacial score (nSPS) is 13.1. The maximum absolute atomic E-state index is 13.2. The number of carbonyl (C=O) groups excluding carboxylic acids is 1. The van der Waals surface area contributed by atoms with Crippen LogP contribution in [0.4, 0.5) is 5.82 Å². The fourth-order valence-corrected chi connectivity index (χ4v) is 3.41. The van der Waals surface area contributed by atoms with E-state index in [2.05, 4.69) is 22.4 Å². The van der Waals surface area contributed by atoms with E-state index in [0.29, 0.717) is 23.6 Å². The second-order valence-electron chi connectivity index (χ2n) is 7.83. The minimum absolute atomic E-state index is 0.0962. The van der Waals surface area contributed by atoms with Gasteiger partial charge in [-0.3, -0.25) is 14.2 Å². The molecule has 4 rings (SSSR count). The van der Waals surface area contributed by atoms with Gasteiger partial charge in [0.15, 0.2) is 5.82 Å². The molecular weight excluding hydrogens is 376 g/mol. The van der Waals surface area contributed by atoms with Gasteiger partial charge in [0.2, 0.25) is 0 Å². The number of anilines is 1. The van der Waals surface area contributed by atoms with E-state index in [1.54, 1.807) is 29.1 Å². The number of aryl methyl sites for hydroxylation is 1. The average molecular weight is 402 g/mol. The Kier molecular flexibility index (Phi) is 5.65. The van der Waals surface area contributed by atoms with Crippen LogP contribution in [0, 0.1) is 6.92 Å². The van der Waals surface area contributed by atoms with Crippen LogP contribution < -0.4 is 15.8 Å². The van der Waals surface area contributed by atoms with Gasteiger partial charge in [-0.2, -0.15) is 0 Å². The molecule has 30 heavy (non-hydrogen) atoms. The summed E-state index contributed by atoms with van der Waals surface area (Å²) in [6.07, 6.45) is 6.18. The minimum atomic E-state index is -0.198. The Morgan fingerprint density at radius 3 is 2.70 bits per heavy atom. The van der Waals surface area contributed by atoms with Crippen LogP contribution in [0.3, 0.4) is 0 Å². The zero-order chi connectivity index (χ0) is 21.1. The summed E-state index contributed by atoms with van der Waals surface area (Å²) in [4.78, 5) is 31.9. The monoisotopic (exact) mass is 402 g/mol. The predicted octanol–water partition coefficient (Wildman–Crippen LogP) is 3.11. The number of rotatable bonds is 7. The molecule has 1 aliphatic rings. The Balaban J connectivity index is 1.59. The topological polar surface area (TPSA) is 67.2 Å². The molecule has 0 spiro atoms. The largest absolute Gasteiger partial charge is 0.355 e. The number of carbonyl (C=O) groups is 1. The van der Waals surface area contributed by atoms with Crippen LogP contribution in [0.5, 0.6) is 0 Å². The zero-order valence-corrected chi connectivity index (χ0v) is 17.3. The number of nitrogens with zero attached hydrogens (tertiary/aromatic N) is 3. The second-order valence-corrected chi connectivity index (χ2v) is 7.83. The molecule has 154 valence electrons. The minimum Gasteiger partial charge on any atom is -0.355 e. The van der Waals surface area contributed by atoms with Crippen molar-refractivity contribution >= 4 is 11.7 Å². The van der Waals surface area contributed by atoms with E-state index in [4.69, 9.17) is 0 Å². The average Bonchev–Trinajstić information content (AvgIpc) is 3.57. The maximum atomic E-state index is 13.2. The maximum Gasteiger partial charge on any atom is 0.298 e. The Morgan fingerprint density at radius 2 is 1.97 bits per heavy atom.